The molecule has 0 fully saturated rings. The first-order chi connectivity index (χ1) is 8.40. The first-order valence-electron chi connectivity index (χ1n) is 4.77. The van der Waals surface area contributed by atoms with Crippen LogP contribution in [0, 0.1) is 6.92 Å². The first kappa shape index (κ1) is 13.1. The van der Waals surface area contributed by atoms with Crippen LogP contribution in [0.15, 0.2) is 23.1 Å². The zero-order valence-corrected chi connectivity index (χ0v) is 11.6. The number of hydrogen-bond donors (Lipinski definition) is 2. The third-order valence-corrected chi connectivity index (χ3v) is 4.78. The molecule has 0 amide bonds. The Hall–Kier alpha value is -1.38. The average Bonchev–Trinajstić information content (AvgIpc) is 2.62. The monoisotopic (exact) mass is 304 g/mol. The van der Waals surface area contributed by atoms with Crippen molar-refractivity contribution in [1.82, 2.24) is 10.2 Å². The Bertz CT molecular complexity index is 663. The second-order valence-electron chi connectivity index (χ2n) is 3.39. The summed E-state index contributed by atoms with van der Waals surface area (Å²) >= 11 is 6.98. The standard InChI is InChI=1S/C9H9ClN4O2S2/c1-5-12-13-9(17-5)14-18(15,16)8-6(10)3-2-4-7(8)11/h2-4H,11H2,1H3,(H,13,14). The van der Waals surface area contributed by atoms with Crippen molar-refractivity contribution >= 4 is 43.8 Å². The second kappa shape index (κ2) is 4.71. The van der Waals surface area contributed by atoms with Gasteiger partial charge < -0.3 is 5.73 Å². The molecule has 0 aliphatic heterocycles. The second-order valence-corrected chi connectivity index (χ2v) is 6.60. The normalized spacial score (nSPS) is 11.4. The van der Waals surface area contributed by atoms with Gasteiger partial charge in [-0.3, -0.25) is 4.72 Å². The first-order valence-corrected chi connectivity index (χ1v) is 7.45. The van der Waals surface area contributed by atoms with Crippen LogP contribution in [0.2, 0.25) is 5.02 Å². The van der Waals surface area contributed by atoms with Gasteiger partial charge in [0.2, 0.25) is 5.13 Å². The summed E-state index contributed by atoms with van der Waals surface area (Å²) in [7, 11) is -3.86. The van der Waals surface area contributed by atoms with Crippen molar-refractivity contribution in [2.75, 3.05) is 10.5 Å². The lowest BCUT2D eigenvalue weighted by Gasteiger charge is -2.08. The minimum Gasteiger partial charge on any atom is -0.398 e. The molecule has 0 bridgehead atoms. The maximum atomic E-state index is 12.1. The maximum Gasteiger partial charge on any atom is 0.267 e. The van der Waals surface area contributed by atoms with E-state index < -0.39 is 10.0 Å². The highest BCUT2D eigenvalue weighted by atomic mass is 35.5. The highest BCUT2D eigenvalue weighted by Crippen LogP contribution is 2.29. The largest absolute Gasteiger partial charge is 0.398 e. The lowest BCUT2D eigenvalue weighted by Crippen LogP contribution is -2.15. The Morgan fingerprint density at radius 3 is 2.67 bits per heavy atom. The number of aromatic nitrogens is 2. The van der Waals surface area contributed by atoms with E-state index in [4.69, 9.17) is 17.3 Å². The van der Waals surface area contributed by atoms with Gasteiger partial charge in [-0.25, -0.2) is 8.42 Å². The molecule has 96 valence electrons. The fourth-order valence-corrected chi connectivity index (χ4v) is 3.81. The number of nitrogens with one attached hydrogen (secondary N) is 1. The van der Waals surface area contributed by atoms with E-state index in [2.05, 4.69) is 14.9 Å². The maximum absolute atomic E-state index is 12.1. The Morgan fingerprint density at radius 1 is 1.39 bits per heavy atom. The number of hydrogen-bond acceptors (Lipinski definition) is 6. The molecule has 6 nitrogen and oxygen atoms in total. The van der Waals surface area contributed by atoms with Crippen molar-refractivity contribution in [3.05, 3.63) is 28.2 Å². The van der Waals surface area contributed by atoms with Crippen molar-refractivity contribution in [2.24, 2.45) is 0 Å². The molecule has 1 aromatic carbocycles. The smallest absolute Gasteiger partial charge is 0.267 e. The molecule has 1 aromatic heterocycles. The quantitative estimate of drug-likeness (QED) is 0.844. The lowest BCUT2D eigenvalue weighted by atomic mass is 10.3. The predicted molar refractivity (Wildman–Crippen MR) is 71.3 cm³/mol. The molecule has 2 rings (SSSR count). The van der Waals surface area contributed by atoms with E-state index in [1.165, 1.54) is 12.1 Å². The molecule has 0 aliphatic rings. The van der Waals surface area contributed by atoms with Crippen LogP contribution in [0.25, 0.3) is 0 Å². The number of nitrogens with two attached hydrogens (primary N) is 1. The minimum absolute atomic E-state index is 0.0590. The van der Waals surface area contributed by atoms with Gasteiger partial charge in [-0.1, -0.05) is 29.0 Å². The van der Waals surface area contributed by atoms with Gasteiger partial charge in [0.1, 0.15) is 9.90 Å². The van der Waals surface area contributed by atoms with Gasteiger partial charge in [-0.05, 0) is 19.1 Å². The highest BCUT2D eigenvalue weighted by Gasteiger charge is 2.22. The lowest BCUT2D eigenvalue weighted by molar-refractivity contribution is 0.601. The summed E-state index contributed by atoms with van der Waals surface area (Å²) in [5, 5.41) is 8.28. The predicted octanol–water partition coefficient (Wildman–Crippen LogP) is 1.88. The topological polar surface area (TPSA) is 98.0 Å². The van der Waals surface area contributed by atoms with E-state index in [9.17, 15) is 8.42 Å². The third kappa shape index (κ3) is 2.55. The van der Waals surface area contributed by atoms with Gasteiger partial charge >= 0.3 is 0 Å². The molecular weight excluding hydrogens is 296 g/mol. The molecule has 2 aromatic rings. The van der Waals surface area contributed by atoms with Crippen molar-refractivity contribution in [2.45, 2.75) is 11.8 Å². The molecule has 0 saturated carbocycles. The summed E-state index contributed by atoms with van der Waals surface area (Å²) < 4.78 is 26.5. The number of rotatable bonds is 3. The van der Waals surface area contributed by atoms with Crippen LogP contribution >= 0.6 is 22.9 Å². The van der Waals surface area contributed by atoms with Gasteiger partial charge in [-0.2, -0.15) is 0 Å². The Morgan fingerprint density at radius 2 is 2.11 bits per heavy atom. The Kier molecular flexibility index (Phi) is 3.42. The zero-order valence-electron chi connectivity index (χ0n) is 9.21. The van der Waals surface area contributed by atoms with E-state index in [0.29, 0.717) is 5.01 Å². The minimum atomic E-state index is -3.86. The van der Waals surface area contributed by atoms with E-state index in [-0.39, 0.29) is 20.7 Å². The van der Waals surface area contributed by atoms with Gasteiger partial charge in [0.25, 0.3) is 10.0 Å². The van der Waals surface area contributed by atoms with Gasteiger partial charge in [0, 0.05) is 0 Å². The van der Waals surface area contributed by atoms with Crippen molar-refractivity contribution < 1.29 is 8.42 Å². The van der Waals surface area contributed by atoms with Crippen LogP contribution in [0.1, 0.15) is 5.01 Å². The number of nitrogen functional groups attached to an aromatic ring is 1. The summed E-state index contributed by atoms with van der Waals surface area (Å²) in [6.45, 7) is 1.72. The van der Waals surface area contributed by atoms with Crippen LogP contribution in [0.4, 0.5) is 10.8 Å². The zero-order chi connectivity index (χ0) is 13.3. The van der Waals surface area contributed by atoms with Crippen LogP contribution in [0.5, 0.6) is 0 Å². The van der Waals surface area contributed by atoms with Crippen LogP contribution in [0.3, 0.4) is 0 Å². The van der Waals surface area contributed by atoms with Crippen molar-refractivity contribution in [1.29, 1.82) is 0 Å². The fourth-order valence-electron chi connectivity index (χ4n) is 1.31. The van der Waals surface area contributed by atoms with Crippen molar-refractivity contribution in [3.63, 3.8) is 0 Å². The molecular formula is C9H9ClN4O2S2. The van der Waals surface area contributed by atoms with E-state index >= 15 is 0 Å². The van der Waals surface area contributed by atoms with Gasteiger partial charge in [0.05, 0.1) is 10.7 Å². The highest BCUT2D eigenvalue weighted by molar-refractivity contribution is 7.93. The summed E-state index contributed by atoms with van der Waals surface area (Å²) in [5.74, 6) is 0. The molecule has 0 spiro atoms. The summed E-state index contributed by atoms with van der Waals surface area (Å²) in [6, 6.07) is 4.50. The average molecular weight is 305 g/mol. The number of nitrogens with zero attached hydrogens (tertiary/aromatic N) is 2. The van der Waals surface area contributed by atoms with E-state index in [1.807, 2.05) is 0 Å². The number of benzene rings is 1. The van der Waals surface area contributed by atoms with E-state index in [1.54, 1.807) is 13.0 Å². The molecule has 0 aliphatic carbocycles. The summed E-state index contributed by atoms with van der Waals surface area (Å²) in [4.78, 5) is -0.153. The molecule has 0 unspecified atom stereocenters. The van der Waals surface area contributed by atoms with Crippen LogP contribution in [-0.2, 0) is 10.0 Å². The Balaban J connectivity index is 2.43. The third-order valence-electron chi connectivity index (χ3n) is 2.01. The molecule has 0 radical (unpaired) electrons. The molecule has 0 saturated heterocycles. The molecule has 9 heteroatoms. The van der Waals surface area contributed by atoms with Gasteiger partial charge in [-0.15, -0.1) is 10.2 Å². The number of sulfonamides is 1. The number of halogens is 1. The number of aryl methyl sites for hydroxylation is 1. The van der Waals surface area contributed by atoms with Gasteiger partial charge in [0.15, 0.2) is 0 Å². The van der Waals surface area contributed by atoms with E-state index in [0.717, 1.165) is 11.3 Å². The SMILES string of the molecule is Cc1nnc(NS(=O)(=O)c2c(N)cccc2Cl)s1. The number of anilines is 2. The van der Waals surface area contributed by atoms with Crippen molar-refractivity contribution in [3.8, 4) is 0 Å². The fraction of sp³-hybridized carbons (Fsp3) is 0.111. The summed E-state index contributed by atoms with van der Waals surface area (Å²) in [5.41, 5.74) is 5.71. The molecule has 0 atom stereocenters. The van der Waals surface area contributed by atoms with Crippen LogP contribution in [-0.4, -0.2) is 18.6 Å². The molecule has 3 N–H and O–H groups in total. The summed E-state index contributed by atoms with van der Waals surface area (Å²) in [6.07, 6.45) is 0. The van der Waals surface area contributed by atoms with Crippen LogP contribution < -0.4 is 10.5 Å². The molecule has 1 heterocycles. The molecule has 18 heavy (non-hydrogen) atoms. The Labute approximate surface area is 113 Å².